The van der Waals surface area contributed by atoms with Crippen molar-refractivity contribution in [2.24, 2.45) is 23.3 Å². The van der Waals surface area contributed by atoms with Crippen LogP contribution in [0.4, 0.5) is 15.3 Å². The number of carbonyl (C=O) groups is 3. The third-order valence-corrected chi connectivity index (χ3v) is 4.67. The van der Waals surface area contributed by atoms with Crippen LogP contribution in [-0.4, -0.2) is 41.6 Å². The van der Waals surface area contributed by atoms with E-state index in [1.165, 1.54) is 0 Å². The summed E-state index contributed by atoms with van der Waals surface area (Å²) in [7, 11) is 0. The van der Waals surface area contributed by atoms with Gasteiger partial charge >= 0.3 is 12.1 Å². The number of amides is 4. The van der Waals surface area contributed by atoms with Crippen LogP contribution in [0.5, 0.6) is 0 Å². The molecule has 2 rings (SSSR count). The van der Waals surface area contributed by atoms with Gasteiger partial charge in [0.25, 0.3) is 0 Å². The van der Waals surface area contributed by atoms with Crippen molar-refractivity contribution in [2.45, 2.75) is 46.1 Å². The SMILES string of the molecule is Cc1cc(C[C@H](C(N)=O)[C@H]2CCN(C(=O)OC(C)(C)C)C2)cc(NC(N)=O)c1. The highest BCUT2D eigenvalue weighted by molar-refractivity contribution is 5.88. The molecular formula is C20H30N4O4. The molecule has 1 heterocycles. The minimum absolute atomic E-state index is 0.0434. The molecule has 0 unspecified atom stereocenters. The number of urea groups is 1. The maximum atomic E-state index is 12.3. The molecule has 0 bridgehead atoms. The van der Waals surface area contributed by atoms with Gasteiger partial charge < -0.3 is 26.4 Å². The first-order chi connectivity index (χ1) is 12.9. The summed E-state index contributed by atoms with van der Waals surface area (Å²) >= 11 is 0. The zero-order chi connectivity index (χ0) is 21.1. The summed E-state index contributed by atoms with van der Waals surface area (Å²) in [6.45, 7) is 8.32. The third kappa shape index (κ3) is 6.14. The maximum Gasteiger partial charge on any atom is 0.410 e. The molecule has 1 aliphatic rings. The van der Waals surface area contributed by atoms with Gasteiger partial charge in [0.15, 0.2) is 0 Å². The van der Waals surface area contributed by atoms with Crippen LogP contribution in [0.1, 0.15) is 38.3 Å². The second-order valence-corrected chi connectivity index (χ2v) is 8.38. The second-order valence-electron chi connectivity index (χ2n) is 8.38. The number of carbonyl (C=O) groups excluding carboxylic acids is 3. The van der Waals surface area contributed by atoms with E-state index in [9.17, 15) is 14.4 Å². The van der Waals surface area contributed by atoms with Crippen LogP contribution in [0.3, 0.4) is 0 Å². The van der Waals surface area contributed by atoms with Gasteiger partial charge in [-0.25, -0.2) is 9.59 Å². The van der Waals surface area contributed by atoms with Gasteiger partial charge in [0, 0.05) is 24.7 Å². The monoisotopic (exact) mass is 390 g/mol. The lowest BCUT2D eigenvalue weighted by Crippen LogP contribution is -2.37. The van der Waals surface area contributed by atoms with E-state index >= 15 is 0 Å². The van der Waals surface area contributed by atoms with Crippen molar-refractivity contribution in [1.29, 1.82) is 0 Å². The molecule has 1 aromatic rings. The van der Waals surface area contributed by atoms with Gasteiger partial charge in [-0.1, -0.05) is 6.07 Å². The average Bonchev–Trinajstić information content (AvgIpc) is 2.99. The number of nitrogens with zero attached hydrogens (tertiary/aromatic N) is 1. The summed E-state index contributed by atoms with van der Waals surface area (Å²) in [4.78, 5) is 37.2. The number of anilines is 1. The Kier molecular flexibility index (Phi) is 6.53. The lowest BCUT2D eigenvalue weighted by atomic mass is 9.85. The number of benzene rings is 1. The Hall–Kier alpha value is -2.77. The molecule has 4 amide bonds. The van der Waals surface area contributed by atoms with Crippen LogP contribution in [0.2, 0.25) is 0 Å². The van der Waals surface area contributed by atoms with Crippen molar-refractivity contribution in [2.75, 3.05) is 18.4 Å². The molecule has 5 N–H and O–H groups in total. The van der Waals surface area contributed by atoms with E-state index in [1.54, 1.807) is 17.0 Å². The Bertz CT molecular complexity index is 757. The van der Waals surface area contributed by atoms with Crippen molar-refractivity contribution in [1.82, 2.24) is 4.90 Å². The van der Waals surface area contributed by atoms with Crippen molar-refractivity contribution in [3.05, 3.63) is 29.3 Å². The van der Waals surface area contributed by atoms with E-state index in [2.05, 4.69) is 5.32 Å². The summed E-state index contributed by atoms with van der Waals surface area (Å²) in [5.41, 5.74) is 12.7. The number of ether oxygens (including phenoxy) is 1. The van der Waals surface area contributed by atoms with E-state index in [0.717, 1.165) is 11.1 Å². The predicted octanol–water partition coefficient (Wildman–Crippen LogP) is 2.39. The van der Waals surface area contributed by atoms with Crippen LogP contribution >= 0.6 is 0 Å². The number of aryl methyl sites for hydroxylation is 1. The molecule has 0 saturated carbocycles. The number of likely N-dealkylation sites (tertiary alicyclic amines) is 1. The van der Waals surface area contributed by atoms with Crippen LogP contribution < -0.4 is 16.8 Å². The van der Waals surface area contributed by atoms with E-state index in [4.69, 9.17) is 16.2 Å². The highest BCUT2D eigenvalue weighted by Crippen LogP contribution is 2.29. The summed E-state index contributed by atoms with van der Waals surface area (Å²) in [5.74, 6) is -0.865. The Morgan fingerprint density at radius 3 is 2.50 bits per heavy atom. The largest absolute Gasteiger partial charge is 0.444 e. The van der Waals surface area contributed by atoms with Crippen LogP contribution in [-0.2, 0) is 16.0 Å². The molecular weight excluding hydrogens is 360 g/mol. The third-order valence-electron chi connectivity index (χ3n) is 4.67. The van der Waals surface area contributed by atoms with Crippen molar-refractivity contribution < 1.29 is 19.1 Å². The van der Waals surface area contributed by atoms with Gasteiger partial charge in [-0.15, -0.1) is 0 Å². The summed E-state index contributed by atoms with van der Waals surface area (Å²) < 4.78 is 5.42. The zero-order valence-corrected chi connectivity index (χ0v) is 17.0. The highest BCUT2D eigenvalue weighted by atomic mass is 16.6. The van der Waals surface area contributed by atoms with Crippen molar-refractivity contribution >= 4 is 23.7 Å². The molecule has 8 heteroatoms. The molecule has 0 aliphatic carbocycles. The summed E-state index contributed by atoms with van der Waals surface area (Å²) in [6.07, 6.45) is 0.740. The number of primary amides is 2. The number of nitrogens with two attached hydrogens (primary N) is 2. The predicted molar refractivity (Wildman–Crippen MR) is 107 cm³/mol. The van der Waals surface area contributed by atoms with Gasteiger partial charge in [0.05, 0.1) is 0 Å². The Morgan fingerprint density at radius 2 is 1.93 bits per heavy atom. The molecule has 28 heavy (non-hydrogen) atoms. The normalized spacial score (nSPS) is 17.9. The molecule has 1 fully saturated rings. The first kappa shape index (κ1) is 21.5. The summed E-state index contributed by atoms with van der Waals surface area (Å²) in [5, 5.41) is 2.55. The van der Waals surface area contributed by atoms with E-state index in [1.807, 2.05) is 33.8 Å². The average molecular weight is 390 g/mol. The molecule has 154 valence electrons. The van der Waals surface area contributed by atoms with Gasteiger partial charge in [-0.2, -0.15) is 0 Å². The molecule has 1 aliphatic heterocycles. The lowest BCUT2D eigenvalue weighted by Gasteiger charge is -2.25. The first-order valence-electron chi connectivity index (χ1n) is 9.39. The minimum atomic E-state index is -0.646. The molecule has 1 saturated heterocycles. The number of nitrogens with one attached hydrogen (secondary N) is 1. The number of hydrogen-bond donors (Lipinski definition) is 3. The topological polar surface area (TPSA) is 128 Å². The quantitative estimate of drug-likeness (QED) is 0.713. The van der Waals surface area contributed by atoms with Crippen molar-refractivity contribution in [3.63, 3.8) is 0 Å². The Balaban J connectivity index is 2.10. The van der Waals surface area contributed by atoms with Crippen LogP contribution in [0.15, 0.2) is 18.2 Å². The first-order valence-corrected chi connectivity index (χ1v) is 9.39. The fourth-order valence-electron chi connectivity index (χ4n) is 3.56. The Morgan fingerprint density at radius 1 is 1.25 bits per heavy atom. The molecule has 0 aromatic heterocycles. The number of rotatable bonds is 5. The van der Waals surface area contributed by atoms with E-state index < -0.39 is 23.5 Å². The molecule has 1 aromatic carbocycles. The summed E-state index contributed by atoms with van der Waals surface area (Å²) in [6, 6.07) is 4.89. The fourth-order valence-corrected chi connectivity index (χ4v) is 3.56. The van der Waals surface area contributed by atoms with Gasteiger partial charge in [-0.05, 0) is 69.7 Å². The highest BCUT2D eigenvalue weighted by Gasteiger charge is 2.36. The van der Waals surface area contributed by atoms with Crippen molar-refractivity contribution in [3.8, 4) is 0 Å². The van der Waals surface area contributed by atoms with Gasteiger partial charge in [-0.3, -0.25) is 4.79 Å². The standard InChI is InChI=1S/C20H30N4O4/c1-12-7-13(9-15(8-12)23-18(22)26)10-16(17(21)25)14-5-6-24(11-14)19(27)28-20(2,3)4/h7-9,14,16H,5-6,10-11H2,1-4H3,(H2,21,25)(H3,22,23,26)/t14-,16-/m0/s1. The smallest absolute Gasteiger partial charge is 0.410 e. The maximum absolute atomic E-state index is 12.3. The van der Waals surface area contributed by atoms with Gasteiger partial charge in [0.1, 0.15) is 5.60 Å². The molecule has 0 radical (unpaired) electrons. The van der Waals surface area contributed by atoms with Crippen LogP contribution in [0, 0.1) is 18.8 Å². The Labute approximate surface area is 165 Å². The fraction of sp³-hybridized carbons (Fsp3) is 0.550. The minimum Gasteiger partial charge on any atom is -0.444 e. The van der Waals surface area contributed by atoms with E-state index in [-0.39, 0.29) is 12.0 Å². The van der Waals surface area contributed by atoms with Crippen LogP contribution in [0.25, 0.3) is 0 Å². The van der Waals surface area contributed by atoms with E-state index in [0.29, 0.717) is 31.6 Å². The molecule has 0 spiro atoms. The second kappa shape index (κ2) is 8.50. The molecule has 8 nitrogen and oxygen atoms in total. The molecule has 2 atom stereocenters. The zero-order valence-electron chi connectivity index (χ0n) is 17.0. The van der Waals surface area contributed by atoms with Gasteiger partial charge in [0.2, 0.25) is 5.91 Å². The lowest BCUT2D eigenvalue weighted by molar-refractivity contribution is -0.123. The number of hydrogen-bond acceptors (Lipinski definition) is 4.